The molecule has 0 aliphatic carbocycles. The molecular formula is C20H25BFN3O5. The van der Waals surface area contributed by atoms with Crippen LogP contribution in [0.15, 0.2) is 36.2 Å². The molecule has 3 rings (SSSR count). The first kappa shape index (κ1) is 22.0. The summed E-state index contributed by atoms with van der Waals surface area (Å²) in [6, 6.07) is 7.01. The van der Waals surface area contributed by atoms with Crippen LogP contribution in [-0.4, -0.2) is 51.0 Å². The molecule has 0 spiro atoms. The van der Waals surface area contributed by atoms with Crippen LogP contribution in [0, 0.1) is 0 Å². The van der Waals surface area contributed by atoms with Gasteiger partial charge < -0.3 is 19.2 Å². The topological polar surface area (TPSA) is 95.7 Å². The van der Waals surface area contributed by atoms with E-state index < -0.39 is 30.0 Å². The Morgan fingerprint density at radius 1 is 1.23 bits per heavy atom. The molecule has 0 saturated carbocycles. The summed E-state index contributed by atoms with van der Waals surface area (Å²) in [5.74, 6) is -0.729. The Bertz CT molecular complexity index is 957. The summed E-state index contributed by atoms with van der Waals surface area (Å²) in [4.78, 5) is 11.1. The number of hydrogen-bond acceptors (Lipinski definition) is 6. The maximum absolute atomic E-state index is 15.8. The molecule has 1 aliphatic rings. The number of para-hydroxylation sites is 1. The monoisotopic (exact) mass is 417 g/mol. The quantitative estimate of drug-likeness (QED) is 0.690. The number of carboxylic acid groups (broad SMARTS) is 1. The Morgan fingerprint density at radius 2 is 1.87 bits per heavy atom. The summed E-state index contributed by atoms with van der Waals surface area (Å²) in [6.45, 7) is 9.50. The summed E-state index contributed by atoms with van der Waals surface area (Å²) in [5.41, 5.74) is -1.60. The van der Waals surface area contributed by atoms with Gasteiger partial charge in [0.15, 0.2) is 5.69 Å². The molecule has 160 valence electrons. The van der Waals surface area contributed by atoms with Gasteiger partial charge in [-0.1, -0.05) is 23.4 Å². The highest BCUT2D eigenvalue weighted by atomic mass is 19.1. The molecule has 10 heteroatoms. The molecule has 8 nitrogen and oxygen atoms in total. The van der Waals surface area contributed by atoms with E-state index in [1.165, 1.54) is 10.9 Å². The molecule has 1 N–H and O–H groups in total. The largest absolute Gasteiger partial charge is 0.525 e. The molecule has 2 heterocycles. The lowest BCUT2D eigenvalue weighted by atomic mass is 9.82. The Morgan fingerprint density at radius 3 is 2.43 bits per heavy atom. The number of hydrogen-bond donors (Lipinski definition) is 1. The summed E-state index contributed by atoms with van der Waals surface area (Å²) in [5, 5.41) is 16.5. The number of rotatable bonds is 7. The van der Waals surface area contributed by atoms with Crippen molar-refractivity contribution in [3.05, 3.63) is 47.4 Å². The lowest BCUT2D eigenvalue weighted by Gasteiger charge is -2.32. The van der Waals surface area contributed by atoms with E-state index in [-0.39, 0.29) is 17.8 Å². The van der Waals surface area contributed by atoms with E-state index in [0.29, 0.717) is 17.9 Å². The highest BCUT2D eigenvalue weighted by molar-refractivity contribution is 6.55. The van der Waals surface area contributed by atoms with Crippen LogP contribution >= 0.6 is 0 Å². The van der Waals surface area contributed by atoms with E-state index in [9.17, 15) is 4.79 Å². The van der Waals surface area contributed by atoms with Crippen LogP contribution in [0.3, 0.4) is 0 Å². The van der Waals surface area contributed by atoms with Gasteiger partial charge >= 0.3 is 13.1 Å². The van der Waals surface area contributed by atoms with Gasteiger partial charge in [-0.15, -0.1) is 5.10 Å². The number of halogens is 1. The van der Waals surface area contributed by atoms with Crippen LogP contribution in [0.2, 0.25) is 0 Å². The van der Waals surface area contributed by atoms with Crippen LogP contribution in [0.1, 0.15) is 50.7 Å². The molecule has 30 heavy (non-hydrogen) atoms. The highest BCUT2D eigenvalue weighted by Gasteiger charge is 2.53. The van der Waals surface area contributed by atoms with Gasteiger partial charge in [0.05, 0.1) is 30.6 Å². The number of aromatic carboxylic acids is 1. The zero-order valence-corrected chi connectivity index (χ0v) is 17.7. The second-order valence-corrected chi connectivity index (χ2v) is 7.95. The van der Waals surface area contributed by atoms with Crippen molar-refractivity contribution in [1.29, 1.82) is 0 Å². The van der Waals surface area contributed by atoms with Crippen molar-refractivity contribution < 1.29 is 28.3 Å². The molecule has 1 saturated heterocycles. The van der Waals surface area contributed by atoms with E-state index in [0.717, 1.165) is 0 Å². The van der Waals surface area contributed by atoms with Crippen LogP contribution in [0.5, 0.6) is 5.75 Å². The van der Waals surface area contributed by atoms with Crippen LogP contribution in [0.4, 0.5) is 4.39 Å². The van der Waals surface area contributed by atoms with Gasteiger partial charge in [0.25, 0.3) is 0 Å². The van der Waals surface area contributed by atoms with E-state index in [4.69, 9.17) is 19.2 Å². The predicted molar refractivity (Wildman–Crippen MR) is 109 cm³/mol. The number of allylic oxidation sites excluding steroid dienone is 1. The third kappa shape index (κ3) is 4.24. The van der Waals surface area contributed by atoms with Crippen molar-refractivity contribution >= 4 is 18.7 Å². The molecule has 1 fully saturated rings. The van der Waals surface area contributed by atoms with Crippen molar-refractivity contribution in [3.8, 4) is 5.75 Å². The van der Waals surface area contributed by atoms with Gasteiger partial charge in [-0.3, -0.25) is 0 Å². The number of aromatic nitrogens is 3. The third-order valence-corrected chi connectivity index (χ3v) is 5.34. The van der Waals surface area contributed by atoms with Gasteiger partial charge in [-0.2, -0.15) is 0 Å². The Hall–Kier alpha value is -2.72. The minimum Gasteiger partial charge on any atom is -0.493 e. The Balaban J connectivity index is 2.07. The SMILES string of the molecule is CCOc1ccccc1C(Cn1cc(C(=O)O)nn1)=C(F)B1OC(C)(C)C(C)(C)O1. The smallest absolute Gasteiger partial charge is 0.493 e. The number of ether oxygens (including phenoxy) is 1. The van der Waals surface area contributed by atoms with Crippen LogP contribution in [0.25, 0.3) is 5.57 Å². The number of nitrogens with zero attached hydrogens (tertiary/aromatic N) is 3. The van der Waals surface area contributed by atoms with Gasteiger partial charge in [-0.05, 0) is 40.7 Å². The summed E-state index contributed by atoms with van der Waals surface area (Å²) >= 11 is 0. The molecule has 0 atom stereocenters. The first-order valence-electron chi connectivity index (χ1n) is 9.65. The van der Waals surface area contributed by atoms with E-state index in [1.807, 2.05) is 34.6 Å². The molecular weight excluding hydrogens is 392 g/mol. The number of carbonyl (C=O) groups is 1. The normalized spacial score (nSPS) is 18.3. The second-order valence-electron chi connectivity index (χ2n) is 7.95. The van der Waals surface area contributed by atoms with Crippen molar-refractivity contribution in [2.75, 3.05) is 6.61 Å². The van der Waals surface area contributed by atoms with Crippen LogP contribution in [-0.2, 0) is 15.9 Å². The maximum Gasteiger partial charge on any atom is 0.525 e. The average Bonchev–Trinajstić information content (AvgIpc) is 3.22. The fraction of sp³-hybridized carbons (Fsp3) is 0.450. The Kier molecular flexibility index (Phi) is 6.00. The van der Waals surface area contributed by atoms with Gasteiger partial charge in [0.1, 0.15) is 11.5 Å². The van der Waals surface area contributed by atoms with Crippen molar-refractivity contribution in [3.63, 3.8) is 0 Å². The van der Waals surface area contributed by atoms with E-state index in [1.54, 1.807) is 24.3 Å². The average molecular weight is 417 g/mol. The summed E-state index contributed by atoms with van der Waals surface area (Å²) in [6.07, 6.45) is 1.24. The fourth-order valence-corrected chi connectivity index (χ4v) is 3.01. The van der Waals surface area contributed by atoms with E-state index >= 15 is 4.39 Å². The number of benzene rings is 1. The van der Waals surface area contributed by atoms with E-state index in [2.05, 4.69) is 10.3 Å². The zero-order chi connectivity index (χ0) is 22.1. The molecule has 1 aromatic carbocycles. The summed E-state index contributed by atoms with van der Waals surface area (Å²) in [7, 11) is -1.22. The summed E-state index contributed by atoms with van der Waals surface area (Å²) < 4.78 is 34.5. The molecule has 0 amide bonds. The Labute approximate surface area is 174 Å². The fourth-order valence-electron chi connectivity index (χ4n) is 3.01. The lowest BCUT2D eigenvalue weighted by Crippen LogP contribution is -2.41. The molecule has 0 radical (unpaired) electrons. The molecule has 0 bridgehead atoms. The first-order valence-corrected chi connectivity index (χ1v) is 9.65. The molecule has 1 aliphatic heterocycles. The predicted octanol–water partition coefficient (Wildman–Crippen LogP) is 3.39. The van der Waals surface area contributed by atoms with Crippen molar-refractivity contribution in [2.24, 2.45) is 0 Å². The maximum atomic E-state index is 15.8. The molecule has 1 aromatic heterocycles. The zero-order valence-electron chi connectivity index (χ0n) is 17.7. The third-order valence-electron chi connectivity index (χ3n) is 5.34. The molecule has 2 aromatic rings. The van der Waals surface area contributed by atoms with Gasteiger partial charge in [-0.25, -0.2) is 13.9 Å². The van der Waals surface area contributed by atoms with Gasteiger partial charge in [0, 0.05) is 11.1 Å². The minimum atomic E-state index is -1.22. The van der Waals surface area contributed by atoms with Crippen molar-refractivity contribution in [1.82, 2.24) is 15.0 Å². The number of carboxylic acids is 1. The highest BCUT2D eigenvalue weighted by Crippen LogP contribution is 2.41. The van der Waals surface area contributed by atoms with Crippen LogP contribution < -0.4 is 4.74 Å². The second kappa shape index (κ2) is 8.19. The first-order chi connectivity index (χ1) is 14.1. The molecule has 0 unspecified atom stereocenters. The standard InChI is InChI=1S/C20H25BFN3O5/c1-6-28-16-10-8-7-9-13(16)14(11-25-12-15(18(26)27)23-24-25)17(22)21-29-19(2,3)20(4,5)30-21/h7-10,12H,6,11H2,1-5H3,(H,26,27). The lowest BCUT2D eigenvalue weighted by molar-refractivity contribution is 0.00578. The minimum absolute atomic E-state index is 0.0831. The van der Waals surface area contributed by atoms with Crippen molar-refractivity contribution in [2.45, 2.75) is 52.4 Å². The van der Waals surface area contributed by atoms with Gasteiger partial charge in [0.2, 0.25) is 0 Å².